The van der Waals surface area contributed by atoms with E-state index in [-0.39, 0.29) is 11.3 Å². The Morgan fingerprint density at radius 1 is 1.05 bits per heavy atom. The minimum atomic E-state index is -1.53. The molecule has 8 nitrogen and oxygen atoms in total. The zero-order valence-corrected chi connectivity index (χ0v) is 22.8. The van der Waals surface area contributed by atoms with Gasteiger partial charge < -0.3 is 9.47 Å². The first kappa shape index (κ1) is 27.7. The molecule has 2 aliphatic rings. The average Bonchev–Trinajstić information content (AvgIpc) is 3.49. The van der Waals surface area contributed by atoms with Crippen LogP contribution in [-0.2, 0) is 21.6 Å². The first-order chi connectivity index (χ1) is 18.9. The van der Waals surface area contributed by atoms with Gasteiger partial charge in [-0.2, -0.15) is 5.10 Å². The molecule has 0 N–H and O–H groups in total. The molecule has 0 aliphatic carbocycles. The van der Waals surface area contributed by atoms with Crippen LogP contribution in [0.25, 0.3) is 11.3 Å². The fourth-order valence-corrected chi connectivity index (χ4v) is 5.14. The smallest absolute Gasteiger partial charge is 0.415 e. The monoisotopic (exact) mass is 556 g/mol. The Morgan fingerprint density at radius 2 is 1.73 bits per heavy atom. The SMILES string of the molecule is COC(=O)c1ccc(N2CC3(CCN(Cc4cn(C(C)(C)C)nc4-c4ccc(F)c(F)c4F)CC3)OC2=O)cc1. The standard InChI is InChI=1S/C29H31F3N4O4/c1-28(2,3)36-16-19(25(33-36)21-9-10-22(30)24(32)23(21)31)15-34-13-11-29(12-14-34)17-35(27(38)40-29)20-7-5-18(6-8-20)26(37)39-4/h5-10,16H,11-15,17H2,1-4H3. The lowest BCUT2D eigenvalue weighted by Gasteiger charge is -2.37. The van der Waals surface area contributed by atoms with E-state index in [2.05, 4.69) is 10.00 Å². The molecule has 11 heteroatoms. The topological polar surface area (TPSA) is 76.9 Å². The number of methoxy groups -OCH3 is 1. The number of likely N-dealkylation sites (tertiary alicyclic amines) is 1. The highest BCUT2D eigenvalue weighted by molar-refractivity contribution is 5.93. The lowest BCUT2D eigenvalue weighted by Crippen LogP contribution is -2.46. The van der Waals surface area contributed by atoms with E-state index in [4.69, 9.17) is 9.47 Å². The summed E-state index contributed by atoms with van der Waals surface area (Å²) in [6.45, 7) is 7.83. The Hall–Kier alpha value is -3.86. The number of nitrogens with zero attached hydrogens (tertiary/aromatic N) is 4. The molecular weight excluding hydrogens is 525 g/mol. The number of aromatic nitrogens is 2. The van der Waals surface area contributed by atoms with Gasteiger partial charge in [0, 0.05) is 55.5 Å². The van der Waals surface area contributed by atoms with Crippen LogP contribution in [0.2, 0.25) is 0 Å². The first-order valence-corrected chi connectivity index (χ1v) is 13.0. The van der Waals surface area contributed by atoms with Crippen LogP contribution in [-0.4, -0.2) is 59.1 Å². The normalized spacial score (nSPS) is 17.4. The fraction of sp³-hybridized carbons (Fsp3) is 0.414. The van der Waals surface area contributed by atoms with Crippen molar-refractivity contribution < 1.29 is 32.2 Å². The maximum atomic E-state index is 14.8. The van der Waals surface area contributed by atoms with E-state index in [1.807, 2.05) is 27.0 Å². The van der Waals surface area contributed by atoms with Crippen LogP contribution in [0.4, 0.5) is 23.7 Å². The fourth-order valence-electron chi connectivity index (χ4n) is 5.14. The number of esters is 1. The molecule has 0 radical (unpaired) electrons. The number of carbonyl (C=O) groups excluding carboxylic acids is 2. The van der Waals surface area contributed by atoms with Crippen LogP contribution >= 0.6 is 0 Å². The van der Waals surface area contributed by atoms with Gasteiger partial charge in [0.2, 0.25) is 0 Å². The molecule has 3 aromatic rings. The van der Waals surface area contributed by atoms with Crippen LogP contribution in [0.3, 0.4) is 0 Å². The average molecular weight is 557 g/mol. The summed E-state index contributed by atoms with van der Waals surface area (Å²) in [6.07, 6.45) is 2.53. The van der Waals surface area contributed by atoms with E-state index in [0.29, 0.717) is 55.8 Å². The number of piperidine rings is 1. The van der Waals surface area contributed by atoms with Crippen LogP contribution in [0, 0.1) is 17.5 Å². The van der Waals surface area contributed by atoms with Crippen molar-refractivity contribution in [3.8, 4) is 11.3 Å². The Bertz CT molecular complexity index is 1440. The molecule has 0 atom stereocenters. The number of benzene rings is 2. The molecule has 5 rings (SSSR count). The number of amides is 1. The number of hydrogen-bond acceptors (Lipinski definition) is 6. The highest BCUT2D eigenvalue weighted by atomic mass is 19.2. The molecule has 3 heterocycles. The quantitative estimate of drug-likeness (QED) is 0.305. The van der Waals surface area contributed by atoms with Gasteiger partial charge >= 0.3 is 12.1 Å². The van der Waals surface area contributed by atoms with Crippen LogP contribution in [0.15, 0.2) is 42.6 Å². The van der Waals surface area contributed by atoms with Crippen molar-refractivity contribution in [1.29, 1.82) is 0 Å². The number of anilines is 1. The molecule has 2 aromatic carbocycles. The van der Waals surface area contributed by atoms with Gasteiger partial charge in [-0.15, -0.1) is 0 Å². The summed E-state index contributed by atoms with van der Waals surface area (Å²) in [5.41, 5.74) is 0.809. The largest absolute Gasteiger partial charge is 0.465 e. The van der Waals surface area contributed by atoms with E-state index in [1.165, 1.54) is 13.2 Å². The summed E-state index contributed by atoms with van der Waals surface area (Å²) >= 11 is 0. The number of hydrogen-bond donors (Lipinski definition) is 0. The Kier molecular flexibility index (Phi) is 7.11. The van der Waals surface area contributed by atoms with E-state index in [1.54, 1.807) is 33.8 Å². The van der Waals surface area contributed by atoms with Crippen molar-refractivity contribution in [3.63, 3.8) is 0 Å². The molecule has 1 aromatic heterocycles. The second kappa shape index (κ2) is 10.3. The zero-order valence-electron chi connectivity index (χ0n) is 22.8. The summed E-state index contributed by atoms with van der Waals surface area (Å²) in [5, 5.41) is 4.55. The highest BCUT2D eigenvalue weighted by Gasteiger charge is 2.47. The van der Waals surface area contributed by atoms with E-state index in [0.717, 1.165) is 6.07 Å². The van der Waals surface area contributed by atoms with Gasteiger partial charge in [-0.3, -0.25) is 14.5 Å². The molecule has 1 spiro atoms. The maximum absolute atomic E-state index is 14.8. The van der Waals surface area contributed by atoms with Gasteiger partial charge in [0.15, 0.2) is 17.5 Å². The van der Waals surface area contributed by atoms with Gasteiger partial charge in [0.1, 0.15) is 5.60 Å². The van der Waals surface area contributed by atoms with E-state index in [9.17, 15) is 22.8 Å². The molecule has 1 amide bonds. The van der Waals surface area contributed by atoms with Gasteiger partial charge in [-0.25, -0.2) is 22.8 Å². The predicted octanol–water partition coefficient (Wildman–Crippen LogP) is 5.50. The minimum absolute atomic E-state index is 0.0936. The molecule has 0 unspecified atom stereocenters. The Morgan fingerprint density at radius 3 is 2.35 bits per heavy atom. The third-order valence-electron chi connectivity index (χ3n) is 7.50. The molecular formula is C29H31F3N4O4. The summed E-state index contributed by atoms with van der Waals surface area (Å²) in [4.78, 5) is 28.2. The lowest BCUT2D eigenvalue weighted by molar-refractivity contribution is -0.000952. The summed E-state index contributed by atoms with van der Waals surface area (Å²) in [6, 6.07) is 8.70. The Balaban J connectivity index is 1.31. The van der Waals surface area contributed by atoms with E-state index < -0.39 is 40.7 Å². The molecule has 2 saturated heterocycles. The van der Waals surface area contributed by atoms with Crippen molar-refractivity contribution >= 4 is 17.7 Å². The summed E-state index contributed by atoms with van der Waals surface area (Å²) in [5.74, 6) is -4.50. The molecule has 2 fully saturated rings. The van der Waals surface area contributed by atoms with Gasteiger partial charge in [0.05, 0.1) is 30.5 Å². The van der Waals surface area contributed by atoms with Crippen molar-refractivity contribution in [2.45, 2.75) is 51.3 Å². The second-order valence-electron chi connectivity index (χ2n) is 11.3. The summed E-state index contributed by atoms with van der Waals surface area (Å²) in [7, 11) is 1.31. The molecule has 212 valence electrons. The highest BCUT2D eigenvalue weighted by Crippen LogP contribution is 2.37. The van der Waals surface area contributed by atoms with Crippen molar-refractivity contribution in [2.75, 3.05) is 31.6 Å². The van der Waals surface area contributed by atoms with Gasteiger partial charge in [-0.05, 0) is 57.2 Å². The maximum Gasteiger partial charge on any atom is 0.415 e. The van der Waals surface area contributed by atoms with Crippen LogP contribution in [0.1, 0.15) is 49.5 Å². The molecule has 0 bridgehead atoms. The number of ether oxygens (including phenoxy) is 2. The minimum Gasteiger partial charge on any atom is -0.465 e. The van der Waals surface area contributed by atoms with E-state index >= 15 is 0 Å². The van der Waals surface area contributed by atoms with Crippen LogP contribution < -0.4 is 4.90 Å². The lowest BCUT2D eigenvalue weighted by atomic mass is 9.91. The Labute approximate surface area is 230 Å². The number of halogens is 3. The third-order valence-corrected chi connectivity index (χ3v) is 7.50. The first-order valence-electron chi connectivity index (χ1n) is 13.0. The van der Waals surface area contributed by atoms with Crippen molar-refractivity contribution in [2.24, 2.45) is 0 Å². The molecule has 40 heavy (non-hydrogen) atoms. The zero-order chi connectivity index (χ0) is 28.8. The molecule has 2 aliphatic heterocycles. The summed E-state index contributed by atoms with van der Waals surface area (Å²) < 4.78 is 54.7. The van der Waals surface area contributed by atoms with Crippen molar-refractivity contribution in [3.05, 3.63) is 71.2 Å². The number of carbonyl (C=O) groups is 2. The second-order valence-corrected chi connectivity index (χ2v) is 11.3. The number of rotatable bonds is 5. The van der Waals surface area contributed by atoms with Gasteiger partial charge in [-0.1, -0.05) is 0 Å². The van der Waals surface area contributed by atoms with Crippen molar-refractivity contribution in [1.82, 2.24) is 14.7 Å². The van der Waals surface area contributed by atoms with Crippen LogP contribution in [0.5, 0.6) is 0 Å². The van der Waals surface area contributed by atoms with Gasteiger partial charge in [0.25, 0.3) is 0 Å². The third kappa shape index (κ3) is 5.17. The predicted molar refractivity (Wildman–Crippen MR) is 141 cm³/mol. The molecule has 0 saturated carbocycles.